The molecular formula is C65H110O6. The topological polar surface area (TPSA) is 78.9 Å². The first-order valence-electron chi connectivity index (χ1n) is 29.7. The molecule has 0 N–H and O–H groups in total. The Bertz CT molecular complexity index is 1410. The van der Waals surface area contributed by atoms with Crippen LogP contribution in [0.1, 0.15) is 278 Å². The minimum absolute atomic E-state index is 0.0873. The van der Waals surface area contributed by atoms with Gasteiger partial charge in [0.2, 0.25) is 0 Å². The van der Waals surface area contributed by atoms with Crippen molar-refractivity contribution in [1.82, 2.24) is 0 Å². The van der Waals surface area contributed by atoms with Crippen molar-refractivity contribution in [3.8, 4) is 0 Å². The summed E-state index contributed by atoms with van der Waals surface area (Å²) in [5.74, 6) is -0.910. The van der Waals surface area contributed by atoms with E-state index in [0.717, 1.165) is 122 Å². The van der Waals surface area contributed by atoms with Crippen LogP contribution < -0.4 is 0 Å². The fourth-order valence-corrected chi connectivity index (χ4v) is 8.07. The highest BCUT2D eigenvalue weighted by Gasteiger charge is 2.19. The fourth-order valence-electron chi connectivity index (χ4n) is 8.07. The first-order chi connectivity index (χ1) is 35.0. The zero-order valence-corrected chi connectivity index (χ0v) is 46.5. The molecule has 1 unspecified atom stereocenters. The van der Waals surface area contributed by atoms with E-state index in [0.29, 0.717) is 19.3 Å². The average molecular weight is 988 g/mol. The van der Waals surface area contributed by atoms with Crippen LogP contribution >= 0.6 is 0 Å². The van der Waals surface area contributed by atoms with Crippen molar-refractivity contribution in [3.05, 3.63) is 97.2 Å². The maximum absolute atomic E-state index is 12.8. The second-order valence-corrected chi connectivity index (χ2v) is 19.5. The highest BCUT2D eigenvalue weighted by molar-refractivity contribution is 5.71. The van der Waals surface area contributed by atoms with Crippen molar-refractivity contribution >= 4 is 17.9 Å². The molecule has 0 aromatic carbocycles. The summed E-state index contributed by atoms with van der Waals surface area (Å²) in [5.41, 5.74) is 0. The van der Waals surface area contributed by atoms with Crippen LogP contribution in [0.25, 0.3) is 0 Å². The lowest BCUT2D eigenvalue weighted by Gasteiger charge is -2.18. The van der Waals surface area contributed by atoms with Crippen LogP contribution in [-0.4, -0.2) is 37.2 Å². The largest absolute Gasteiger partial charge is 0.462 e. The number of hydrogen-bond acceptors (Lipinski definition) is 6. The minimum atomic E-state index is -0.789. The summed E-state index contributed by atoms with van der Waals surface area (Å²) in [7, 11) is 0. The van der Waals surface area contributed by atoms with E-state index < -0.39 is 6.10 Å². The predicted octanol–water partition coefficient (Wildman–Crippen LogP) is 20.1. The summed E-state index contributed by atoms with van der Waals surface area (Å²) in [6.45, 7) is 6.47. The van der Waals surface area contributed by atoms with Crippen LogP contribution in [0.4, 0.5) is 0 Å². The molecule has 0 aromatic heterocycles. The highest BCUT2D eigenvalue weighted by atomic mass is 16.6. The normalized spacial score (nSPS) is 12.8. The van der Waals surface area contributed by atoms with E-state index in [2.05, 4.69) is 118 Å². The van der Waals surface area contributed by atoms with Crippen LogP contribution in [-0.2, 0) is 28.6 Å². The molecule has 0 amide bonds. The maximum atomic E-state index is 12.8. The zero-order valence-electron chi connectivity index (χ0n) is 46.5. The van der Waals surface area contributed by atoms with Gasteiger partial charge >= 0.3 is 17.9 Å². The van der Waals surface area contributed by atoms with Crippen molar-refractivity contribution in [1.29, 1.82) is 0 Å². The van der Waals surface area contributed by atoms with Gasteiger partial charge in [0.05, 0.1) is 0 Å². The molecule has 0 aliphatic rings. The van der Waals surface area contributed by atoms with Gasteiger partial charge in [-0.2, -0.15) is 0 Å². The number of allylic oxidation sites excluding steroid dienone is 16. The molecule has 0 fully saturated rings. The highest BCUT2D eigenvalue weighted by Crippen LogP contribution is 2.15. The molecule has 1 atom stereocenters. The number of unbranched alkanes of at least 4 members (excludes halogenated alkanes) is 26. The Labute approximate surface area is 438 Å². The average Bonchev–Trinajstić information content (AvgIpc) is 3.37. The summed E-state index contributed by atoms with van der Waals surface area (Å²) in [5, 5.41) is 0. The van der Waals surface area contributed by atoms with Crippen LogP contribution in [0.15, 0.2) is 97.2 Å². The molecule has 0 aliphatic heterocycles. The monoisotopic (exact) mass is 987 g/mol. The van der Waals surface area contributed by atoms with E-state index in [-0.39, 0.29) is 31.1 Å². The molecule has 71 heavy (non-hydrogen) atoms. The number of carbonyl (C=O) groups is 3. The quantitative estimate of drug-likeness (QED) is 0.0261. The summed E-state index contributed by atoms with van der Waals surface area (Å²) in [6.07, 6.45) is 78.3. The zero-order chi connectivity index (χ0) is 51.4. The van der Waals surface area contributed by atoms with Gasteiger partial charge in [0.1, 0.15) is 13.2 Å². The molecule has 406 valence electrons. The second kappa shape index (κ2) is 58.9. The number of carbonyl (C=O) groups excluding carboxylic acids is 3. The third kappa shape index (κ3) is 57.1. The number of rotatable bonds is 53. The van der Waals surface area contributed by atoms with Gasteiger partial charge in [-0.1, -0.05) is 240 Å². The molecule has 0 saturated heterocycles. The molecule has 0 aromatic rings. The molecule has 0 saturated carbocycles. The Morgan fingerprint density at radius 1 is 0.296 bits per heavy atom. The van der Waals surface area contributed by atoms with Gasteiger partial charge in [-0.25, -0.2) is 0 Å². The maximum Gasteiger partial charge on any atom is 0.306 e. The fraction of sp³-hybridized carbons (Fsp3) is 0.708. The first-order valence-corrected chi connectivity index (χ1v) is 29.7. The van der Waals surface area contributed by atoms with E-state index in [4.69, 9.17) is 14.2 Å². The smallest absolute Gasteiger partial charge is 0.306 e. The second-order valence-electron chi connectivity index (χ2n) is 19.5. The summed E-state index contributed by atoms with van der Waals surface area (Å²) in [4.78, 5) is 38.1. The minimum Gasteiger partial charge on any atom is -0.462 e. The summed E-state index contributed by atoms with van der Waals surface area (Å²) >= 11 is 0. The molecule has 6 nitrogen and oxygen atoms in total. The van der Waals surface area contributed by atoms with Crippen molar-refractivity contribution in [2.45, 2.75) is 284 Å². The predicted molar refractivity (Wildman–Crippen MR) is 307 cm³/mol. The van der Waals surface area contributed by atoms with Crippen LogP contribution in [0.2, 0.25) is 0 Å². The Morgan fingerprint density at radius 2 is 0.563 bits per heavy atom. The Hall–Kier alpha value is -3.67. The van der Waals surface area contributed by atoms with Crippen molar-refractivity contribution in [2.75, 3.05) is 13.2 Å². The standard InChI is InChI=1S/C65H110O6/c1-4-7-10-13-16-19-22-24-26-27-28-29-30-31-32-33-34-35-36-37-39-40-43-46-49-52-55-58-64(67)70-61-62(60-69-63(66)57-54-51-48-45-42-21-18-15-12-9-6-3)71-65(68)59-56-53-50-47-44-41-38-25-23-20-17-14-11-8-5-2/h7,10,15-16,18-19,24-26,28-29,31-32,34-35,38,62H,4-6,8-9,11-14,17,20-23,27,30,33,36-37,39-61H2,1-3H3/b10-7-,18-15-,19-16-,26-24-,29-28-,32-31-,35-34-,38-25-. The number of esters is 3. The van der Waals surface area contributed by atoms with E-state index in [1.54, 1.807) is 0 Å². The van der Waals surface area contributed by atoms with Gasteiger partial charge in [0.25, 0.3) is 0 Å². The Balaban J connectivity index is 4.30. The van der Waals surface area contributed by atoms with Gasteiger partial charge in [0, 0.05) is 19.3 Å². The molecular weight excluding hydrogens is 877 g/mol. The molecule has 0 rings (SSSR count). The van der Waals surface area contributed by atoms with Crippen LogP contribution in [0.3, 0.4) is 0 Å². The lowest BCUT2D eigenvalue weighted by Crippen LogP contribution is -2.30. The van der Waals surface area contributed by atoms with E-state index in [1.165, 1.54) is 116 Å². The lowest BCUT2D eigenvalue weighted by atomic mass is 10.1. The molecule has 6 heteroatoms. The van der Waals surface area contributed by atoms with E-state index >= 15 is 0 Å². The molecule has 0 radical (unpaired) electrons. The van der Waals surface area contributed by atoms with Gasteiger partial charge < -0.3 is 14.2 Å². The lowest BCUT2D eigenvalue weighted by molar-refractivity contribution is -0.167. The molecule has 0 spiro atoms. The molecule has 0 heterocycles. The number of hydrogen-bond donors (Lipinski definition) is 0. The Kier molecular flexibility index (Phi) is 55.9. The van der Waals surface area contributed by atoms with Gasteiger partial charge in [-0.05, 0) is 116 Å². The SMILES string of the molecule is CC/C=C\C/C=C\C/C=C\C/C=C\C/C=C\C/C=C\CCCCCCCCCCC(=O)OCC(COC(=O)CCCCCCC/C=C\CCCC)OC(=O)CCCCCCC/C=C\CCCCCCCC. The molecule has 0 bridgehead atoms. The third-order valence-electron chi connectivity index (χ3n) is 12.5. The molecule has 0 aliphatic carbocycles. The number of ether oxygens (including phenoxy) is 3. The summed E-state index contributed by atoms with van der Waals surface area (Å²) in [6, 6.07) is 0. The van der Waals surface area contributed by atoms with Crippen LogP contribution in [0, 0.1) is 0 Å². The van der Waals surface area contributed by atoms with Crippen molar-refractivity contribution in [2.24, 2.45) is 0 Å². The summed E-state index contributed by atoms with van der Waals surface area (Å²) < 4.78 is 16.8. The first kappa shape index (κ1) is 67.3. The third-order valence-corrected chi connectivity index (χ3v) is 12.5. The van der Waals surface area contributed by atoms with E-state index in [9.17, 15) is 14.4 Å². The van der Waals surface area contributed by atoms with Crippen molar-refractivity contribution < 1.29 is 28.6 Å². The van der Waals surface area contributed by atoms with Gasteiger partial charge in [-0.15, -0.1) is 0 Å². The van der Waals surface area contributed by atoms with Crippen LogP contribution in [0.5, 0.6) is 0 Å². The Morgan fingerprint density at radius 3 is 0.915 bits per heavy atom. The van der Waals surface area contributed by atoms with E-state index in [1.807, 2.05) is 0 Å². The van der Waals surface area contributed by atoms with Gasteiger partial charge in [-0.3, -0.25) is 14.4 Å². The van der Waals surface area contributed by atoms with Crippen molar-refractivity contribution in [3.63, 3.8) is 0 Å². The van der Waals surface area contributed by atoms with Gasteiger partial charge in [0.15, 0.2) is 6.10 Å².